The molecular formula is C19H34N4O2. The predicted molar refractivity (Wildman–Crippen MR) is 102 cm³/mol. The summed E-state index contributed by atoms with van der Waals surface area (Å²) in [5.74, 6) is 2.01. The van der Waals surface area contributed by atoms with Crippen LogP contribution in [0.4, 0.5) is 0 Å². The number of morpholine rings is 1. The topological polar surface area (TPSA) is 53.2 Å². The number of nitrogens with one attached hydrogen (secondary N) is 1. The molecule has 1 aliphatic rings. The summed E-state index contributed by atoms with van der Waals surface area (Å²) in [5.41, 5.74) is 0. The number of ether oxygens (including phenoxy) is 1. The van der Waals surface area contributed by atoms with Gasteiger partial charge in [-0.25, -0.2) is 0 Å². The molecule has 0 spiro atoms. The molecule has 1 saturated heterocycles. The molecule has 0 bridgehead atoms. The third kappa shape index (κ3) is 7.92. The zero-order valence-electron chi connectivity index (χ0n) is 15.9. The molecule has 0 radical (unpaired) electrons. The van der Waals surface area contributed by atoms with E-state index < -0.39 is 0 Å². The molecular weight excluding hydrogens is 316 g/mol. The van der Waals surface area contributed by atoms with E-state index >= 15 is 0 Å². The fourth-order valence-corrected chi connectivity index (χ4v) is 2.87. The van der Waals surface area contributed by atoms with E-state index in [4.69, 9.17) is 14.1 Å². The Morgan fingerprint density at radius 1 is 1.32 bits per heavy atom. The minimum Gasteiger partial charge on any atom is -0.469 e. The van der Waals surface area contributed by atoms with Crippen molar-refractivity contribution in [2.45, 2.75) is 32.6 Å². The van der Waals surface area contributed by atoms with Crippen molar-refractivity contribution in [2.24, 2.45) is 4.99 Å². The molecule has 2 heterocycles. The fourth-order valence-electron chi connectivity index (χ4n) is 2.87. The molecule has 1 fully saturated rings. The Kier molecular flexibility index (Phi) is 9.44. The van der Waals surface area contributed by atoms with Gasteiger partial charge in [0.15, 0.2) is 5.96 Å². The van der Waals surface area contributed by atoms with Crippen LogP contribution in [0.15, 0.2) is 27.8 Å². The van der Waals surface area contributed by atoms with Gasteiger partial charge in [-0.3, -0.25) is 9.89 Å². The van der Waals surface area contributed by atoms with Crippen LogP contribution >= 0.6 is 0 Å². The lowest BCUT2D eigenvalue weighted by atomic mass is 10.3. The summed E-state index contributed by atoms with van der Waals surface area (Å²) in [7, 11) is 2.12. The molecule has 2 rings (SSSR count). The number of unbranched alkanes of at least 4 members (excludes halogenated alkanes) is 1. The predicted octanol–water partition coefficient (Wildman–Crippen LogP) is 2.22. The highest BCUT2D eigenvalue weighted by Crippen LogP contribution is 2.01. The first-order valence-electron chi connectivity index (χ1n) is 9.61. The van der Waals surface area contributed by atoms with Gasteiger partial charge >= 0.3 is 0 Å². The monoisotopic (exact) mass is 350 g/mol. The second-order valence-corrected chi connectivity index (χ2v) is 6.54. The van der Waals surface area contributed by atoms with Crippen LogP contribution in [0, 0.1) is 0 Å². The molecule has 1 aromatic rings. The number of furan rings is 1. The summed E-state index contributed by atoms with van der Waals surface area (Å²) in [6.45, 7) is 9.88. The molecule has 0 aromatic carbocycles. The van der Waals surface area contributed by atoms with E-state index in [2.05, 4.69) is 29.1 Å². The van der Waals surface area contributed by atoms with E-state index in [1.165, 1.54) is 12.8 Å². The SMILES string of the molecule is CCCCN(C)C(=NCCCN1CCOCC1)NCCc1ccco1. The van der Waals surface area contributed by atoms with E-state index in [0.29, 0.717) is 0 Å². The molecule has 0 saturated carbocycles. The van der Waals surface area contributed by atoms with Crippen molar-refractivity contribution < 1.29 is 9.15 Å². The molecule has 1 N–H and O–H groups in total. The normalized spacial score (nSPS) is 16.2. The van der Waals surface area contributed by atoms with Gasteiger partial charge in [0.25, 0.3) is 0 Å². The van der Waals surface area contributed by atoms with Crippen molar-refractivity contribution in [2.75, 3.05) is 59.5 Å². The van der Waals surface area contributed by atoms with Crippen molar-refractivity contribution >= 4 is 5.96 Å². The standard InChI is InChI=1S/C19H34N4O2/c1-3-4-11-22(2)19(21-10-8-18-7-5-15-25-18)20-9-6-12-23-13-16-24-17-14-23/h5,7,15H,3-4,6,8-14,16-17H2,1-2H3,(H,20,21). The molecule has 6 nitrogen and oxygen atoms in total. The quantitative estimate of drug-likeness (QED) is 0.398. The lowest BCUT2D eigenvalue weighted by Crippen LogP contribution is -2.40. The minimum absolute atomic E-state index is 0.840. The Hall–Kier alpha value is -1.53. The number of hydrogen-bond donors (Lipinski definition) is 1. The molecule has 25 heavy (non-hydrogen) atoms. The first kappa shape index (κ1) is 19.8. The number of aliphatic imine (C=N–C) groups is 1. The summed E-state index contributed by atoms with van der Waals surface area (Å²) in [6.07, 6.45) is 6.07. The molecule has 0 amide bonds. The van der Waals surface area contributed by atoms with Gasteiger partial charge in [0.1, 0.15) is 5.76 Å². The van der Waals surface area contributed by atoms with Crippen molar-refractivity contribution in [3.63, 3.8) is 0 Å². The lowest BCUT2D eigenvalue weighted by molar-refractivity contribution is 0.0377. The molecule has 6 heteroatoms. The molecule has 1 aromatic heterocycles. The van der Waals surface area contributed by atoms with Crippen LogP contribution in [0.2, 0.25) is 0 Å². The number of guanidine groups is 1. The zero-order chi connectivity index (χ0) is 17.7. The Morgan fingerprint density at radius 3 is 2.88 bits per heavy atom. The van der Waals surface area contributed by atoms with Gasteiger partial charge in [-0.1, -0.05) is 13.3 Å². The second kappa shape index (κ2) is 11.9. The number of nitrogens with zero attached hydrogens (tertiary/aromatic N) is 3. The average molecular weight is 351 g/mol. The van der Waals surface area contributed by atoms with Gasteiger partial charge in [-0.15, -0.1) is 0 Å². The van der Waals surface area contributed by atoms with Gasteiger partial charge in [0.05, 0.1) is 19.5 Å². The third-order valence-electron chi connectivity index (χ3n) is 4.44. The highest BCUT2D eigenvalue weighted by molar-refractivity contribution is 5.79. The highest BCUT2D eigenvalue weighted by Gasteiger charge is 2.10. The first-order valence-corrected chi connectivity index (χ1v) is 9.61. The van der Waals surface area contributed by atoms with Gasteiger partial charge < -0.3 is 19.4 Å². The van der Waals surface area contributed by atoms with E-state index in [9.17, 15) is 0 Å². The van der Waals surface area contributed by atoms with Crippen molar-refractivity contribution in [3.8, 4) is 0 Å². The van der Waals surface area contributed by atoms with Crippen LogP contribution in [0.25, 0.3) is 0 Å². The van der Waals surface area contributed by atoms with Crippen LogP contribution in [0.3, 0.4) is 0 Å². The Labute approximate surface area is 152 Å². The first-order chi connectivity index (χ1) is 12.3. The maximum absolute atomic E-state index is 5.40. The largest absolute Gasteiger partial charge is 0.469 e. The summed E-state index contributed by atoms with van der Waals surface area (Å²) in [5, 5.41) is 3.49. The molecule has 0 atom stereocenters. The summed E-state index contributed by atoms with van der Waals surface area (Å²) >= 11 is 0. The maximum atomic E-state index is 5.40. The van der Waals surface area contributed by atoms with Crippen LogP contribution in [0.5, 0.6) is 0 Å². The summed E-state index contributed by atoms with van der Waals surface area (Å²) < 4.78 is 10.8. The Morgan fingerprint density at radius 2 is 2.16 bits per heavy atom. The third-order valence-corrected chi connectivity index (χ3v) is 4.44. The number of hydrogen-bond acceptors (Lipinski definition) is 4. The van der Waals surface area contributed by atoms with Crippen LogP contribution in [-0.4, -0.2) is 75.3 Å². The molecule has 1 aliphatic heterocycles. The van der Waals surface area contributed by atoms with E-state index in [1.54, 1.807) is 6.26 Å². The van der Waals surface area contributed by atoms with E-state index in [1.807, 2.05) is 12.1 Å². The molecule has 0 aliphatic carbocycles. The van der Waals surface area contributed by atoms with E-state index in [-0.39, 0.29) is 0 Å². The average Bonchev–Trinajstić information content (AvgIpc) is 3.16. The van der Waals surface area contributed by atoms with Gasteiger partial charge in [-0.2, -0.15) is 0 Å². The lowest BCUT2D eigenvalue weighted by Gasteiger charge is -2.26. The minimum atomic E-state index is 0.840. The maximum Gasteiger partial charge on any atom is 0.193 e. The number of rotatable bonds is 10. The van der Waals surface area contributed by atoms with Crippen molar-refractivity contribution in [1.29, 1.82) is 0 Å². The fraction of sp³-hybridized carbons (Fsp3) is 0.737. The van der Waals surface area contributed by atoms with Crippen LogP contribution in [0.1, 0.15) is 31.9 Å². The van der Waals surface area contributed by atoms with Crippen LogP contribution < -0.4 is 5.32 Å². The van der Waals surface area contributed by atoms with Crippen molar-refractivity contribution in [1.82, 2.24) is 15.1 Å². The van der Waals surface area contributed by atoms with Gasteiger partial charge in [-0.05, 0) is 25.0 Å². The smallest absolute Gasteiger partial charge is 0.193 e. The van der Waals surface area contributed by atoms with Gasteiger partial charge in [0, 0.05) is 52.7 Å². The second-order valence-electron chi connectivity index (χ2n) is 6.54. The van der Waals surface area contributed by atoms with Crippen LogP contribution in [-0.2, 0) is 11.2 Å². The molecule has 142 valence electrons. The van der Waals surface area contributed by atoms with E-state index in [0.717, 1.165) is 77.0 Å². The Bertz CT molecular complexity index is 470. The van der Waals surface area contributed by atoms with Crippen molar-refractivity contribution in [3.05, 3.63) is 24.2 Å². The zero-order valence-corrected chi connectivity index (χ0v) is 15.9. The summed E-state index contributed by atoms with van der Waals surface area (Å²) in [4.78, 5) is 9.52. The van der Waals surface area contributed by atoms with Gasteiger partial charge in [0.2, 0.25) is 0 Å². The molecule has 0 unspecified atom stereocenters. The highest BCUT2D eigenvalue weighted by atomic mass is 16.5. The Balaban J connectivity index is 1.74. The summed E-state index contributed by atoms with van der Waals surface area (Å²) in [6, 6.07) is 3.95.